The fraction of sp³-hybridized carbons (Fsp3) is 0.538. The highest BCUT2D eigenvalue weighted by Gasteiger charge is 2.19. The summed E-state index contributed by atoms with van der Waals surface area (Å²) >= 11 is 5.87. The highest BCUT2D eigenvalue weighted by Crippen LogP contribution is 2.20. The molecule has 0 aliphatic heterocycles. The van der Waals surface area contributed by atoms with Gasteiger partial charge < -0.3 is 15.5 Å². The van der Waals surface area contributed by atoms with Crippen molar-refractivity contribution in [3.8, 4) is 0 Å². The molecule has 0 saturated heterocycles. The van der Waals surface area contributed by atoms with Crippen LogP contribution in [0.2, 0.25) is 5.02 Å². The van der Waals surface area contributed by atoms with Gasteiger partial charge in [0.15, 0.2) is 0 Å². The van der Waals surface area contributed by atoms with Gasteiger partial charge in [-0.2, -0.15) is 0 Å². The van der Waals surface area contributed by atoms with E-state index in [1.165, 1.54) is 0 Å². The molecular formula is C13H20ClNO2. The third-order valence-corrected chi connectivity index (χ3v) is 2.76. The Bertz CT molecular complexity index is 363. The Morgan fingerprint density at radius 2 is 2.06 bits per heavy atom. The van der Waals surface area contributed by atoms with E-state index in [-0.39, 0.29) is 6.04 Å². The molecule has 1 rings (SSSR count). The topological polar surface area (TPSA) is 52.5 Å². The lowest BCUT2D eigenvalue weighted by Gasteiger charge is -2.25. The molecule has 4 heteroatoms. The first-order valence-electron chi connectivity index (χ1n) is 5.69. The minimum atomic E-state index is -0.789. The van der Waals surface area contributed by atoms with Gasteiger partial charge in [-0.05, 0) is 38.5 Å². The summed E-state index contributed by atoms with van der Waals surface area (Å²) in [5, 5.41) is 23.4. The van der Waals surface area contributed by atoms with E-state index >= 15 is 0 Å². The number of hydrogen-bond acceptors (Lipinski definition) is 3. The summed E-state index contributed by atoms with van der Waals surface area (Å²) in [7, 11) is 0. The Morgan fingerprint density at radius 1 is 1.41 bits per heavy atom. The molecule has 0 spiro atoms. The van der Waals surface area contributed by atoms with E-state index in [0.717, 1.165) is 5.56 Å². The van der Waals surface area contributed by atoms with Gasteiger partial charge in [-0.3, -0.25) is 0 Å². The lowest BCUT2D eigenvalue weighted by Crippen LogP contribution is -2.41. The van der Waals surface area contributed by atoms with Crippen LogP contribution in [0.3, 0.4) is 0 Å². The maximum absolute atomic E-state index is 10.1. The van der Waals surface area contributed by atoms with Crippen LogP contribution in [0.25, 0.3) is 0 Å². The molecule has 3 nitrogen and oxygen atoms in total. The monoisotopic (exact) mass is 257 g/mol. The van der Waals surface area contributed by atoms with Crippen LogP contribution in [0.4, 0.5) is 0 Å². The number of halogens is 1. The molecule has 96 valence electrons. The SMILES string of the molecule is C[C@@H](NCC(C)(C)O)[C@@H](O)c1cccc(Cl)c1. The number of hydrogen-bond donors (Lipinski definition) is 3. The zero-order valence-electron chi connectivity index (χ0n) is 10.4. The van der Waals surface area contributed by atoms with Crippen molar-refractivity contribution in [2.24, 2.45) is 0 Å². The summed E-state index contributed by atoms with van der Waals surface area (Å²) in [6.45, 7) is 5.74. The lowest BCUT2D eigenvalue weighted by atomic mass is 10.0. The van der Waals surface area contributed by atoms with Crippen LogP contribution in [0.5, 0.6) is 0 Å². The molecule has 0 fully saturated rings. The molecular weight excluding hydrogens is 238 g/mol. The summed E-state index contributed by atoms with van der Waals surface area (Å²) in [4.78, 5) is 0. The first-order chi connectivity index (χ1) is 7.79. The van der Waals surface area contributed by atoms with Crippen molar-refractivity contribution in [2.75, 3.05) is 6.54 Å². The zero-order chi connectivity index (χ0) is 13.1. The fourth-order valence-electron chi connectivity index (χ4n) is 1.50. The normalized spacial score (nSPS) is 15.6. The Hall–Kier alpha value is -0.610. The maximum atomic E-state index is 10.1. The van der Waals surface area contributed by atoms with Crippen LogP contribution >= 0.6 is 11.6 Å². The fourth-order valence-corrected chi connectivity index (χ4v) is 1.70. The first-order valence-corrected chi connectivity index (χ1v) is 6.07. The molecule has 0 aromatic heterocycles. The van der Waals surface area contributed by atoms with Gasteiger partial charge in [0, 0.05) is 17.6 Å². The van der Waals surface area contributed by atoms with Crippen molar-refractivity contribution >= 4 is 11.6 Å². The van der Waals surface area contributed by atoms with Crippen molar-refractivity contribution in [3.63, 3.8) is 0 Å². The van der Waals surface area contributed by atoms with Gasteiger partial charge >= 0.3 is 0 Å². The van der Waals surface area contributed by atoms with Crippen molar-refractivity contribution in [1.29, 1.82) is 0 Å². The van der Waals surface area contributed by atoms with Crippen LogP contribution in [0.15, 0.2) is 24.3 Å². The molecule has 0 saturated carbocycles. The predicted molar refractivity (Wildman–Crippen MR) is 70.2 cm³/mol. The van der Waals surface area contributed by atoms with Crippen LogP contribution in [-0.4, -0.2) is 28.4 Å². The standard InChI is InChI=1S/C13H20ClNO2/c1-9(15-8-13(2,3)17)12(16)10-5-4-6-11(14)7-10/h4-7,9,12,15-17H,8H2,1-3H3/t9-,12-/m1/s1. The highest BCUT2D eigenvalue weighted by atomic mass is 35.5. The number of nitrogens with one attached hydrogen (secondary N) is 1. The second kappa shape index (κ2) is 5.83. The van der Waals surface area contributed by atoms with Crippen molar-refractivity contribution in [2.45, 2.75) is 38.5 Å². The zero-order valence-corrected chi connectivity index (χ0v) is 11.2. The van der Waals surface area contributed by atoms with Gasteiger partial charge in [0.05, 0.1) is 11.7 Å². The molecule has 0 radical (unpaired) electrons. The summed E-state index contributed by atoms with van der Waals surface area (Å²) in [6.07, 6.45) is -0.643. The molecule has 17 heavy (non-hydrogen) atoms. The van der Waals surface area contributed by atoms with E-state index in [1.54, 1.807) is 26.0 Å². The van der Waals surface area contributed by atoms with Crippen LogP contribution in [-0.2, 0) is 0 Å². The Morgan fingerprint density at radius 3 is 2.59 bits per heavy atom. The lowest BCUT2D eigenvalue weighted by molar-refractivity contribution is 0.0638. The number of aliphatic hydroxyl groups excluding tert-OH is 1. The Labute approximate surface area is 107 Å². The quantitative estimate of drug-likeness (QED) is 0.757. The summed E-state index contributed by atoms with van der Waals surface area (Å²) in [5.41, 5.74) is -0.0178. The molecule has 0 amide bonds. The van der Waals surface area contributed by atoms with Crippen molar-refractivity contribution in [1.82, 2.24) is 5.32 Å². The molecule has 0 unspecified atom stereocenters. The largest absolute Gasteiger partial charge is 0.389 e. The predicted octanol–water partition coefficient (Wildman–Crippen LogP) is 2.12. The third kappa shape index (κ3) is 5.04. The van der Waals surface area contributed by atoms with E-state index in [2.05, 4.69) is 5.32 Å². The summed E-state index contributed by atoms with van der Waals surface area (Å²) in [5.74, 6) is 0. The van der Waals surface area contributed by atoms with Gasteiger partial charge in [0.25, 0.3) is 0 Å². The molecule has 3 N–H and O–H groups in total. The van der Waals surface area contributed by atoms with Crippen LogP contribution < -0.4 is 5.32 Å². The van der Waals surface area contributed by atoms with Gasteiger partial charge in [0.1, 0.15) is 0 Å². The van der Waals surface area contributed by atoms with Gasteiger partial charge in [-0.1, -0.05) is 23.7 Å². The van der Waals surface area contributed by atoms with Crippen LogP contribution in [0, 0.1) is 0 Å². The Kier molecular flexibility index (Phi) is 4.95. The summed E-state index contributed by atoms with van der Waals surface area (Å²) in [6, 6.07) is 7.00. The van der Waals surface area contributed by atoms with Gasteiger partial charge in [-0.15, -0.1) is 0 Å². The number of benzene rings is 1. The molecule has 0 bridgehead atoms. The maximum Gasteiger partial charge on any atom is 0.0940 e. The van der Waals surface area contributed by atoms with E-state index in [4.69, 9.17) is 11.6 Å². The van der Waals surface area contributed by atoms with Gasteiger partial charge in [0.2, 0.25) is 0 Å². The minimum Gasteiger partial charge on any atom is -0.389 e. The molecule has 1 aromatic rings. The van der Waals surface area contributed by atoms with E-state index in [1.807, 2.05) is 19.1 Å². The average molecular weight is 258 g/mol. The smallest absolute Gasteiger partial charge is 0.0940 e. The van der Waals surface area contributed by atoms with E-state index in [9.17, 15) is 10.2 Å². The number of aliphatic hydroxyl groups is 2. The van der Waals surface area contributed by atoms with Crippen LogP contribution in [0.1, 0.15) is 32.4 Å². The molecule has 1 aromatic carbocycles. The molecule has 0 aliphatic carbocycles. The average Bonchev–Trinajstić information content (AvgIpc) is 2.24. The summed E-state index contributed by atoms with van der Waals surface area (Å²) < 4.78 is 0. The Balaban J connectivity index is 2.60. The van der Waals surface area contributed by atoms with E-state index in [0.29, 0.717) is 11.6 Å². The second-order valence-corrected chi connectivity index (χ2v) is 5.42. The third-order valence-electron chi connectivity index (χ3n) is 2.52. The van der Waals surface area contributed by atoms with Gasteiger partial charge in [-0.25, -0.2) is 0 Å². The number of rotatable bonds is 5. The van der Waals surface area contributed by atoms with E-state index < -0.39 is 11.7 Å². The molecule has 0 heterocycles. The second-order valence-electron chi connectivity index (χ2n) is 4.98. The molecule has 0 aliphatic rings. The minimum absolute atomic E-state index is 0.153. The van der Waals surface area contributed by atoms with Crippen molar-refractivity contribution < 1.29 is 10.2 Å². The van der Waals surface area contributed by atoms with Crippen molar-refractivity contribution in [3.05, 3.63) is 34.9 Å². The first kappa shape index (κ1) is 14.5. The molecule has 2 atom stereocenters. The highest BCUT2D eigenvalue weighted by molar-refractivity contribution is 6.30.